The van der Waals surface area contributed by atoms with Gasteiger partial charge in [-0.1, -0.05) is 245 Å². The van der Waals surface area contributed by atoms with Gasteiger partial charge < -0.3 is 5.11 Å². The average molecular weight is 593 g/mol. The maximum atomic E-state index is 10.3. The summed E-state index contributed by atoms with van der Waals surface area (Å²) in [7, 11) is 0. The maximum Gasteiger partial charge on any atom is 0.0540 e. The Hall–Kier alpha value is -0.0400. The molecule has 0 saturated carbocycles. The summed E-state index contributed by atoms with van der Waals surface area (Å²) in [6.45, 7) is 4.60. The fourth-order valence-electron chi connectivity index (χ4n) is 6.71. The van der Waals surface area contributed by atoms with Crippen molar-refractivity contribution in [1.82, 2.24) is 0 Å². The van der Waals surface area contributed by atoms with E-state index >= 15 is 0 Å². The lowest BCUT2D eigenvalue weighted by atomic mass is 10.0. The van der Waals surface area contributed by atoms with E-state index in [4.69, 9.17) is 0 Å². The highest BCUT2D eigenvalue weighted by molar-refractivity contribution is 4.58. The second-order valence-electron chi connectivity index (χ2n) is 14.3. The highest BCUT2D eigenvalue weighted by Gasteiger charge is 2.04. The minimum Gasteiger partial charge on any atom is -0.393 e. The Morgan fingerprint density at radius 2 is 0.381 bits per heavy atom. The number of unbranched alkanes of at least 4 members (excludes halogenated alkanes) is 34. The van der Waals surface area contributed by atoms with Crippen molar-refractivity contribution >= 4 is 0 Å². The molecule has 0 rings (SSSR count). The van der Waals surface area contributed by atoms with Gasteiger partial charge in [0.05, 0.1) is 6.10 Å². The summed E-state index contributed by atoms with van der Waals surface area (Å²) in [6, 6.07) is 0. The van der Waals surface area contributed by atoms with E-state index in [1.54, 1.807) is 0 Å². The molecule has 42 heavy (non-hydrogen) atoms. The minimum atomic E-state index is -0.0351. The Morgan fingerprint density at radius 3 is 0.548 bits per heavy atom. The van der Waals surface area contributed by atoms with Crippen LogP contribution in [0.5, 0.6) is 0 Å². The van der Waals surface area contributed by atoms with Crippen LogP contribution in [0.4, 0.5) is 0 Å². The zero-order chi connectivity index (χ0) is 30.4. The summed E-state index contributed by atoms with van der Waals surface area (Å²) in [5, 5.41) is 10.3. The smallest absolute Gasteiger partial charge is 0.0540 e. The van der Waals surface area contributed by atoms with Crippen LogP contribution in [0, 0.1) is 0 Å². The lowest BCUT2D eigenvalue weighted by Gasteiger charge is -2.10. The summed E-state index contributed by atoms with van der Waals surface area (Å²) < 4.78 is 0. The third-order valence-corrected chi connectivity index (χ3v) is 9.78. The van der Waals surface area contributed by atoms with E-state index in [2.05, 4.69) is 13.8 Å². The minimum absolute atomic E-state index is 0.0351. The van der Waals surface area contributed by atoms with Crippen molar-refractivity contribution in [2.24, 2.45) is 0 Å². The Kier molecular flexibility index (Phi) is 38.9. The predicted octanol–water partition coefficient (Wildman–Crippen LogP) is 15.2. The molecule has 1 heteroatoms. The molecule has 0 aromatic heterocycles. The van der Waals surface area contributed by atoms with Gasteiger partial charge in [-0.2, -0.15) is 0 Å². The van der Waals surface area contributed by atoms with Crippen LogP contribution in [0.1, 0.15) is 258 Å². The SMILES string of the molecule is CCCCCCCCCCCCCCCCCCCCCC(O)CCCCCCCCCCCCCCCCCCC. The summed E-state index contributed by atoms with van der Waals surface area (Å²) in [5.74, 6) is 0. The van der Waals surface area contributed by atoms with Crippen molar-refractivity contribution < 1.29 is 5.11 Å². The van der Waals surface area contributed by atoms with Crippen LogP contribution in [-0.2, 0) is 0 Å². The lowest BCUT2D eigenvalue weighted by Crippen LogP contribution is -2.05. The third-order valence-electron chi connectivity index (χ3n) is 9.78. The topological polar surface area (TPSA) is 20.2 Å². The van der Waals surface area contributed by atoms with Crippen molar-refractivity contribution in [2.75, 3.05) is 0 Å². The van der Waals surface area contributed by atoms with Crippen molar-refractivity contribution in [3.05, 3.63) is 0 Å². The molecule has 0 heterocycles. The molecule has 0 aromatic rings. The molecule has 1 unspecified atom stereocenters. The molecule has 0 saturated heterocycles. The van der Waals surface area contributed by atoms with Gasteiger partial charge in [-0.25, -0.2) is 0 Å². The van der Waals surface area contributed by atoms with Gasteiger partial charge in [-0.15, -0.1) is 0 Å². The molecular weight excluding hydrogens is 508 g/mol. The van der Waals surface area contributed by atoms with Gasteiger partial charge in [0.2, 0.25) is 0 Å². The molecule has 1 N–H and O–H groups in total. The summed E-state index contributed by atoms with van der Waals surface area (Å²) in [5.41, 5.74) is 0. The normalized spacial score (nSPS) is 12.4. The molecular formula is C41H84O. The van der Waals surface area contributed by atoms with Gasteiger partial charge in [0, 0.05) is 0 Å². The molecule has 0 aliphatic heterocycles. The molecule has 0 aromatic carbocycles. The zero-order valence-corrected chi connectivity index (χ0v) is 29.9. The van der Waals surface area contributed by atoms with Crippen molar-refractivity contribution in [2.45, 2.75) is 264 Å². The molecule has 0 fully saturated rings. The molecule has 254 valence electrons. The van der Waals surface area contributed by atoms with Crippen molar-refractivity contribution in [3.8, 4) is 0 Å². The first-order chi connectivity index (χ1) is 20.8. The second kappa shape index (κ2) is 39.0. The quantitative estimate of drug-likeness (QED) is 0.0707. The Bertz CT molecular complexity index is 446. The van der Waals surface area contributed by atoms with Crippen LogP contribution < -0.4 is 0 Å². The van der Waals surface area contributed by atoms with E-state index in [1.807, 2.05) is 0 Å². The fraction of sp³-hybridized carbons (Fsp3) is 1.00. The molecule has 0 aliphatic carbocycles. The number of aliphatic hydroxyl groups is 1. The van der Waals surface area contributed by atoms with Crippen molar-refractivity contribution in [1.29, 1.82) is 0 Å². The standard InChI is InChI=1S/C41H84O/c1-3-5-7-9-11-13-15-17-19-21-22-24-26-28-30-32-34-36-38-40-41(42)39-37-35-33-31-29-27-25-23-20-18-16-14-12-10-8-6-4-2/h41-42H,3-40H2,1-2H3. The van der Waals surface area contributed by atoms with Gasteiger partial charge in [-0.3, -0.25) is 0 Å². The first-order valence-electron chi connectivity index (χ1n) is 20.5. The Labute approximate surface area is 268 Å². The zero-order valence-electron chi connectivity index (χ0n) is 29.9. The van der Waals surface area contributed by atoms with Crippen LogP contribution in [-0.4, -0.2) is 11.2 Å². The summed E-state index contributed by atoms with van der Waals surface area (Å²) >= 11 is 0. The van der Waals surface area contributed by atoms with Gasteiger partial charge in [0.1, 0.15) is 0 Å². The fourth-order valence-corrected chi connectivity index (χ4v) is 6.71. The van der Waals surface area contributed by atoms with Crippen molar-refractivity contribution in [3.63, 3.8) is 0 Å². The summed E-state index contributed by atoms with van der Waals surface area (Å²) in [6.07, 6.45) is 53.4. The second-order valence-corrected chi connectivity index (χ2v) is 14.3. The molecule has 0 bridgehead atoms. The molecule has 1 atom stereocenters. The van der Waals surface area contributed by atoms with E-state index in [-0.39, 0.29) is 6.10 Å². The van der Waals surface area contributed by atoms with E-state index in [9.17, 15) is 5.11 Å². The highest BCUT2D eigenvalue weighted by atomic mass is 16.3. The lowest BCUT2D eigenvalue weighted by molar-refractivity contribution is 0.147. The number of aliphatic hydroxyl groups excluding tert-OH is 1. The Morgan fingerprint density at radius 1 is 0.238 bits per heavy atom. The largest absolute Gasteiger partial charge is 0.393 e. The van der Waals surface area contributed by atoms with Gasteiger partial charge >= 0.3 is 0 Å². The maximum absolute atomic E-state index is 10.3. The molecule has 0 aliphatic rings. The number of hydrogen-bond acceptors (Lipinski definition) is 1. The molecule has 1 nitrogen and oxygen atoms in total. The first-order valence-corrected chi connectivity index (χ1v) is 20.5. The van der Waals surface area contributed by atoms with Gasteiger partial charge in [-0.05, 0) is 12.8 Å². The summed E-state index contributed by atoms with van der Waals surface area (Å²) in [4.78, 5) is 0. The van der Waals surface area contributed by atoms with Gasteiger partial charge in [0.25, 0.3) is 0 Å². The van der Waals surface area contributed by atoms with E-state index in [1.165, 1.54) is 231 Å². The van der Waals surface area contributed by atoms with E-state index in [0.29, 0.717) is 0 Å². The van der Waals surface area contributed by atoms with Crippen LogP contribution >= 0.6 is 0 Å². The highest BCUT2D eigenvalue weighted by Crippen LogP contribution is 2.17. The van der Waals surface area contributed by atoms with E-state index in [0.717, 1.165) is 12.8 Å². The van der Waals surface area contributed by atoms with E-state index < -0.39 is 0 Å². The number of rotatable bonds is 38. The third kappa shape index (κ3) is 38.0. The molecule has 0 spiro atoms. The Balaban J connectivity index is 3.13. The van der Waals surface area contributed by atoms with Crippen LogP contribution in [0.2, 0.25) is 0 Å². The van der Waals surface area contributed by atoms with Crippen LogP contribution in [0.3, 0.4) is 0 Å². The first kappa shape index (κ1) is 42.0. The molecule has 0 amide bonds. The monoisotopic (exact) mass is 593 g/mol. The molecule has 0 radical (unpaired) electrons. The number of hydrogen-bond donors (Lipinski definition) is 1. The predicted molar refractivity (Wildman–Crippen MR) is 193 cm³/mol. The average Bonchev–Trinajstić information content (AvgIpc) is 3.00. The van der Waals surface area contributed by atoms with Gasteiger partial charge in [0.15, 0.2) is 0 Å². The van der Waals surface area contributed by atoms with Crippen LogP contribution in [0.25, 0.3) is 0 Å². The van der Waals surface area contributed by atoms with Crippen LogP contribution in [0.15, 0.2) is 0 Å².